The van der Waals surface area contributed by atoms with Gasteiger partial charge in [0.15, 0.2) is 0 Å². The third-order valence-corrected chi connectivity index (χ3v) is 4.10. The zero-order valence-corrected chi connectivity index (χ0v) is 13.7. The van der Waals surface area contributed by atoms with Crippen LogP contribution in [-0.2, 0) is 4.79 Å². The second-order valence-corrected chi connectivity index (χ2v) is 5.88. The molecule has 0 saturated carbocycles. The molecule has 4 nitrogen and oxygen atoms in total. The fourth-order valence-corrected chi connectivity index (χ4v) is 2.79. The number of carbonyl (C=O) groups is 2. The summed E-state index contributed by atoms with van der Waals surface area (Å²) in [5, 5.41) is 18.9. The lowest BCUT2D eigenvalue weighted by Gasteiger charge is -2.17. The number of aliphatic hydroxyl groups is 2. The monoisotopic (exact) mass is 326 g/mol. The number of hydrogen-bond acceptors (Lipinski definition) is 4. The molecule has 0 saturated heterocycles. The molecule has 0 heterocycles. The summed E-state index contributed by atoms with van der Waals surface area (Å²) in [7, 11) is 0. The van der Waals surface area contributed by atoms with Gasteiger partial charge in [0.1, 0.15) is 12.1 Å². The first-order chi connectivity index (χ1) is 11.6. The summed E-state index contributed by atoms with van der Waals surface area (Å²) in [6.07, 6.45) is 1.20. The molecule has 4 heteroatoms. The Morgan fingerprint density at radius 2 is 1.50 bits per heavy atom. The van der Waals surface area contributed by atoms with Gasteiger partial charge in [-0.2, -0.15) is 0 Å². The maximum atomic E-state index is 12.1. The predicted molar refractivity (Wildman–Crippen MR) is 92.1 cm³/mol. The Morgan fingerprint density at radius 1 is 1.00 bits per heavy atom. The molecule has 0 aliphatic heterocycles. The molecule has 2 N–H and O–H groups in total. The molecule has 0 aliphatic carbocycles. The number of aldehydes is 1. The Morgan fingerprint density at radius 3 is 1.96 bits per heavy atom. The molecule has 2 unspecified atom stereocenters. The second-order valence-electron chi connectivity index (χ2n) is 5.88. The number of ketones is 1. The Kier molecular flexibility index (Phi) is 6.41. The summed E-state index contributed by atoms with van der Waals surface area (Å²) >= 11 is 0. The van der Waals surface area contributed by atoms with Gasteiger partial charge in [-0.3, -0.25) is 9.59 Å². The molecule has 2 rings (SSSR count). The number of hydrogen-bond donors (Lipinski definition) is 2. The van der Waals surface area contributed by atoms with Crippen LogP contribution in [0, 0.1) is 0 Å². The normalized spacial score (nSPS) is 13.3. The molecule has 2 aromatic rings. The number of carbonyl (C=O) groups excluding carboxylic acids is 2. The van der Waals surface area contributed by atoms with Crippen LogP contribution in [0.1, 0.15) is 58.8 Å². The van der Waals surface area contributed by atoms with Crippen LogP contribution in [0.2, 0.25) is 0 Å². The van der Waals surface area contributed by atoms with E-state index < -0.39 is 12.0 Å². The van der Waals surface area contributed by atoms with Gasteiger partial charge in [-0.1, -0.05) is 48.5 Å². The van der Waals surface area contributed by atoms with Crippen molar-refractivity contribution < 1.29 is 19.8 Å². The molecule has 0 fully saturated rings. The molecule has 126 valence electrons. The number of benzene rings is 2. The molecule has 0 amide bonds. The largest absolute Gasteiger partial charge is 0.396 e. The van der Waals surface area contributed by atoms with E-state index in [2.05, 4.69) is 0 Å². The van der Waals surface area contributed by atoms with Gasteiger partial charge in [0.2, 0.25) is 0 Å². The number of Topliss-reactive ketones (excluding diaryl/α,β-unsaturated/α-hetero) is 1. The first-order valence-corrected chi connectivity index (χ1v) is 8.01. The molecular formula is C20H22O4. The maximum absolute atomic E-state index is 12.1. The van der Waals surface area contributed by atoms with Crippen molar-refractivity contribution >= 4 is 12.1 Å². The average Bonchev–Trinajstić information content (AvgIpc) is 2.60. The molecule has 0 spiro atoms. The molecule has 0 aliphatic rings. The highest BCUT2D eigenvalue weighted by Crippen LogP contribution is 2.28. The van der Waals surface area contributed by atoms with Gasteiger partial charge >= 0.3 is 0 Å². The minimum atomic E-state index is -0.617. The van der Waals surface area contributed by atoms with Gasteiger partial charge < -0.3 is 10.2 Å². The van der Waals surface area contributed by atoms with E-state index in [-0.39, 0.29) is 12.4 Å². The van der Waals surface area contributed by atoms with Crippen molar-refractivity contribution in [2.45, 2.75) is 31.8 Å². The summed E-state index contributed by atoms with van der Waals surface area (Å²) < 4.78 is 0. The first-order valence-electron chi connectivity index (χ1n) is 8.01. The third kappa shape index (κ3) is 4.37. The van der Waals surface area contributed by atoms with Gasteiger partial charge in [0.05, 0.1) is 12.0 Å². The zero-order valence-electron chi connectivity index (χ0n) is 13.7. The van der Waals surface area contributed by atoms with Crippen LogP contribution < -0.4 is 0 Å². The summed E-state index contributed by atoms with van der Waals surface area (Å²) in [6.45, 7) is 1.60. The lowest BCUT2D eigenvalue weighted by molar-refractivity contribution is -0.117. The summed E-state index contributed by atoms with van der Waals surface area (Å²) in [6, 6.07) is 14.3. The van der Waals surface area contributed by atoms with E-state index in [9.17, 15) is 14.7 Å². The van der Waals surface area contributed by atoms with Crippen LogP contribution in [0.4, 0.5) is 0 Å². The van der Waals surface area contributed by atoms with Crippen LogP contribution in [-0.4, -0.2) is 28.9 Å². The van der Waals surface area contributed by atoms with Crippen molar-refractivity contribution in [1.82, 2.24) is 0 Å². The van der Waals surface area contributed by atoms with Gasteiger partial charge in [-0.25, -0.2) is 0 Å². The minimum Gasteiger partial charge on any atom is -0.396 e. The SMILES string of the molecule is CC(=O)C(c1ccc(C=O)cc1)c1ccc(C(O)CCCO)cc1. The van der Waals surface area contributed by atoms with Crippen LogP contribution in [0.25, 0.3) is 0 Å². The van der Waals surface area contributed by atoms with Crippen LogP contribution in [0.15, 0.2) is 48.5 Å². The van der Waals surface area contributed by atoms with E-state index in [0.717, 1.165) is 23.0 Å². The van der Waals surface area contributed by atoms with Crippen molar-refractivity contribution in [2.24, 2.45) is 0 Å². The fourth-order valence-electron chi connectivity index (χ4n) is 2.79. The average molecular weight is 326 g/mol. The Hall–Kier alpha value is -2.30. The van der Waals surface area contributed by atoms with Gasteiger partial charge in [-0.05, 0) is 36.5 Å². The van der Waals surface area contributed by atoms with Crippen LogP contribution in [0.3, 0.4) is 0 Å². The van der Waals surface area contributed by atoms with Gasteiger partial charge in [0.25, 0.3) is 0 Å². The van der Waals surface area contributed by atoms with Crippen molar-refractivity contribution in [2.75, 3.05) is 6.61 Å². The molecular weight excluding hydrogens is 304 g/mol. The van der Waals surface area contributed by atoms with Crippen LogP contribution >= 0.6 is 0 Å². The molecule has 0 radical (unpaired) electrons. The smallest absolute Gasteiger partial charge is 0.150 e. The van der Waals surface area contributed by atoms with Crippen molar-refractivity contribution in [3.63, 3.8) is 0 Å². The Balaban J connectivity index is 2.24. The molecule has 2 atom stereocenters. The van der Waals surface area contributed by atoms with Crippen molar-refractivity contribution in [3.05, 3.63) is 70.8 Å². The molecule has 0 aromatic heterocycles. The Labute approximate surface area is 141 Å². The standard InChI is InChI=1S/C20H22O4/c1-14(23)20(17-6-4-15(13-22)5-7-17)18-10-8-16(9-11-18)19(24)3-2-12-21/h4-11,13,19-21,24H,2-3,12H2,1H3. The topological polar surface area (TPSA) is 74.6 Å². The summed E-state index contributed by atoms with van der Waals surface area (Å²) in [4.78, 5) is 22.9. The maximum Gasteiger partial charge on any atom is 0.150 e. The van der Waals surface area contributed by atoms with E-state index >= 15 is 0 Å². The quantitative estimate of drug-likeness (QED) is 0.731. The molecule has 24 heavy (non-hydrogen) atoms. The molecule has 2 aromatic carbocycles. The van der Waals surface area contributed by atoms with Gasteiger partial charge in [0, 0.05) is 12.2 Å². The second kappa shape index (κ2) is 8.52. The minimum absolute atomic E-state index is 0.0161. The number of aliphatic hydroxyl groups excluding tert-OH is 2. The Bertz CT molecular complexity index is 674. The van der Waals surface area contributed by atoms with E-state index in [1.165, 1.54) is 0 Å². The van der Waals surface area contributed by atoms with E-state index in [4.69, 9.17) is 5.11 Å². The van der Waals surface area contributed by atoms with Crippen LogP contribution in [0.5, 0.6) is 0 Å². The highest BCUT2D eigenvalue weighted by atomic mass is 16.3. The van der Waals surface area contributed by atoms with E-state index in [1.807, 2.05) is 24.3 Å². The highest BCUT2D eigenvalue weighted by Gasteiger charge is 2.19. The molecule has 0 bridgehead atoms. The lowest BCUT2D eigenvalue weighted by atomic mass is 9.87. The zero-order chi connectivity index (χ0) is 17.5. The van der Waals surface area contributed by atoms with Gasteiger partial charge in [-0.15, -0.1) is 0 Å². The van der Waals surface area contributed by atoms with Crippen molar-refractivity contribution in [1.29, 1.82) is 0 Å². The first kappa shape index (κ1) is 18.0. The van der Waals surface area contributed by atoms with E-state index in [0.29, 0.717) is 18.4 Å². The summed E-state index contributed by atoms with van der Waals surface area (Å²) in [5.74, 6) is -0.378. The highest BCUT2D eigenvalue weighted by molar-refractivity contribution is 5.87. The third-order valence-electron chi connectivity index (χ3n) is 4.10. The lowest BCUT2D eigenvalue weighted by Crippen LogP contribution is -2.11. The summed E-state index contributed by atoms with van der Waals surface area (Å²) in [5.41, 5.74) is 3.02. The number of rotatable bonds is 8. The van der Waals surface area contributed by atoms with E-state index in [1.54, 1.807) is 31.2 Å². The van der Waals surface area contributed by atoms with Crippen molar-refractivity contribution in [3.8, 4) is 0 Å². The fraction of sp³-hybridized carbons (Fsp3) is 0.300. The predicted octanol–water partition coefficient (Wildman–Crippen LogP) is 3.03.